The summed E-state index contributed by atoms with van der Waals surface area (Å²) in [6.45, 7) is 2.63. The molecule has 1 aliphatic rings. The number of rotatable bonds is 5. The smallest absolute Gasteiger partial charge is 0.319 e. The van der Waals surface area contributed by atoms with Crippen molar-refractivity contribution in [2.75, 3.05) is 43.6 Å². The average Bonchev–Trinajstić information content (AvgIpc) is 2.93. The van der Waals surface area contributed by atoms with E-state index in [1.165, 1.54) is 6.07 Å². The summed E-state index contributed by atoms with van der Waals surface area (Å²) >= 11 is 0. The zero-order valence-corrected chi connectivity index (χ0v) is 11.6. The fourth-order valence-corrected chi connectivity index (χ4v) is 2.24. The van der Waals surface area contributed by atoms with Gasteiger partial charge in [0.15, 0.2) is 0 Å². The number of nitrogens with one attached hydrogen (secondary N) is 2. The third kappa shape index (κ3) is 3.84. The maximum Gasteiger partial charge on any atom is 0.319 e. The highest BCUT2D eigenvalue weighted by molar-refractivity contribution is 5.89. The lowest BCUT2D eigenvalue weighted by molar-refractivity contribution is 0.198. The Morgan fingerprint density at radius 2 is 2.15 bits per heavy atom. The molecule has 1 fully saturated rings. The summed E-state index contributed by atoms with van der Waals surface area (Å²) in [5.41, 5.74) is 1.05. The lowest BCUT2D eigenvalue weighted by Crippen LogP contribution is -2.31. The first-order chi connectivity index (χ1) is 9.70. The Kier molecular flexibility index (Phi) is 5.17. The van der Waals surface area contributed by atoms with Gasteiger partial charge in [-0.2, -0.15) is 0 Å². The van der Waals surface area contributed by atoms with Gasteiger partial charge in [-0.1, -0.05) is 0 Å². The van der Waals surface area contributed by atoms with Gasteiger partial charge in [0.1, 0.15) is 5.82 Å². The molecule has 0 radical (unpaired) electrons. The first kappa shape index (κ1) is 14.6. The molecule has 110 valence electrons. The summed E-state index contributed by atoms with van der Waals surface area (Å²) in [7, 11) is 1.56. The molecule has 20 heavy (non-hydrogen) atoms. The number of anilines is 2. The van der Waals surface area contributed by atoms with Crippen LogP contribution in [0.2, 0.25) is 0 Å². The van der Waals surface area contributed by atoms with E-state index in [0.717, 1.165) is 25.9 Å². The summed E-state index contributed by atoms with van der Waals surface area (Å²) in [5, 5.41) is 5.21. The molecule has 1 heterocycles. The van der Waals surface area contributed by atoms with Gasteiger partial charge >= 0.3 is 6.03 Å². The van der Waals surface area contributed by atoms with Gasteiger partial charge in [-0.15, -0.1) is 0 Å². The van der Waals surface area contributed by atoms with E-state index in [2.05, 4.69) is 10.6 Å². The molecule has 1 aliphatic heterocycles. The summed E-state index contributed by atoms with van der Waals surface area (Å²) < 4.78 is 18.9. The number of benzene rings is 1. The van der Waals surface area contributed by atoms with Crippen LogP contribution in [-0.2, 0) is 4.74 Å². The standard InChI is InChI=1S/C14H20FN3O2/c1-20-9-6-16-14(19)17-11-4-5-13(12(15)10-11)18-7-2-3-8-18/h4-5,10H,2-3,6-9H2,1H3,(H2,16,17,19). The Bertz CT molecular complexity index is 462. The topological polar surface area (TPSA) is 53.6 Å². The minimum atomic E-state index is -0.365. The maximum absolute atomic E-state index is 14.0. The van der Waals surface area contributed by atoms with Gasteiger partial charge < -0.3 is 20.3 Å². The van der Waals surface area contributed by atoms with Crippen LogP contribution in [0.3, 0.4) is 0 Å². The predicted molar refractivity (Wildman–Crippen MR) is 76.7 cm³/mol. The van der Waals surface area contributed by atoms with Crippen LogP contribution in [0.4, 0.5) is 20.6 Å². The van der Waals surface area contributed by atoms with Crippen LogP contribution in [0.15, 0.2) is 18.2 Å². The minimum Gasteiger partial charge on any atom is -0.383 e. The summed E-state index contributed by atoms with van der Waals surface area (Å²) in [6.07, 6.45) is 2.20. The molecular weight excluding hydrogens is 261 g/mol. The Morgan fingerprint density at radius 3 is 2.80 bits per heavy atom. The van der Waals surface area contributed by atoms with Gasteiger partial charge in [-0.3, -0.25) is 0 Å². The van der Waals surface area contributed by atoms with E-state index in [1.54, 1.807) is 19.2 Å². The molecule has 1 aromatic carbocycles. The van der Waals surface area contributed by atoms with E-state index in [4.69, 9.17) is 4.74 Å². The third-order valence-electron chi connectivity index (χ3n) is 3.24. The van der Waals surface area contributed by atoms with Crippen molar-refractivity contribution < 1.29 is 13.9 Å². The first-order valence-electron chi connectivity index (χ1n) is 6.79. The molecule has 2 rings (SSSR count). The van der Waals surface area contributed by atoms with Crippen molar-refractivity contribution in [1.29, 1.82) is 0 Å². The second-order valence-electron chi connectivity index (χ2n) is 4.73. The first-order valence-corrected chi connectivity index (χ1v) is 6.79. The number of halogens is 1. The van der Waals surface area contributed by atoms with Gasteiger partial charge in [0.05, 0.1) is 12.3 Å². The zero-order valence-electron chi connectivity index (χ0n) is 11.6. The van der Waals surface area contributed by atoms with Crippen LogP contribution in [0.25, 0.3) is 0 Å². The highest BCUT2D eigenvalue weighted by Crippen LogP contribution is 2.25. The number of ether oxygens (including phenoxy) is 1. The minimum absolute atomic E-state index is 0.304. The number of hydrogen-bond acceptors (Lipinski definition) is 3. The highest BCUT2D eigenvalue weighted by Gasteiger charge is 2.16. The molecule has 0 saturated carbocycles. The lowest BCUT2D eigenvalue weighted by Gasteiger charge is -2.18. The van der Waals surface area contributed by atoms with Crippen molar-refractivity contribution in [1.82, 2.24) is 5.32 Å². The van der Waals surface area contributed by atoms with Gasteiger partial charge in [0.2, 0.25) is 0 Å². The molecule has 5 nitrogen and oxygen atoms in total. The molecule has 0 unspecified atom stereocenters. The Balaban J connectivity index is 1.93. The van der Waals surface area contributed by atoms with Crippen molar-refractivity contribution >= 4 is 17.4 Å². The predicted octanol–water partition coefficient (Wildman–Crippen LogP) is 2.19. The van der Waals surface area contributed by atoms with Crippen molar-refractivity contribution in [2.45, 2.75) is 12.8 Å². The third-order valence-corrected chi connectivity index (χ3v) is 3.24. The van der Waals surface area contributed by atoms with Gasteiger partial charge in [0, 0.05) is 32.4 Å². The zero-order chi connectivity index (χ0) is 14.4. The van der Waals surface area contributed by atoms with Crippen molar-refractivity contribution in [3.63, 3.8) is 0 Å². The quantitative estimate of drug-likeness (QED) is 0.814. The van der Waals surface area contributed by atoms with E-state index in [1.807, 2.05) is 4.90 Å². The molecule has 0 atom stereocenters. The summed E-state index contributed by atoms with van der Waals surface area (Å²) in [4.78, 5) is 13.6. The van der Waals surface area contributed by atoms with Crippen LogP contribution in [-0.4, -0.2) is 39.4 Å². The molecule has 0 bridgehead atoms. The van der Waals surface area contributed by atoms with Gasteiger partial charge in [-0.05, 0) is 31.0 Å². The van der Waals surface area contributed by atoms with E-state index in [9.17, 15) is 9.18 Å². The van der Waals surface area contributed by atoms with E-state index in [-0.39, 0.29) is 11.8 Å². The monoisotopic (exact) mass is 281 g/mol. The molecule has 6 heteroatoms. The van der Waals surface area contributed by atoms with Crippen LogP contribution in [0, 0.1) is 5.82 Å². The molecule has 1 saturated heterocycles. The molecular formula is C14H20FN3O2. The Morgan fingerprint density at radius 1 is 1.40 bits per heavy atom. The van der Waals surface area contributed by atoms with Crippen LogP contribution in [0.1, 0.15) is 12.8 Å². The Labute approximate surface area is 118 Å². The molecule has 0 aliphatic carbocycles. The molecule has 1 aromatic rings. The molecule has 2 N–H and O–H groups in total. The summed E-state index contributed by atoms with van der Waals surface area (Å²) in [5.74, 6) is -0.304. The van der Waals surface area contributed by atoms with Crippen LogP contribution in [0.5, 0.6) is 0 Å². The lowest BCUT2D eigenvalue weighted by atomic mass is 10.2. The number of carbonyl (C=O) groups excluding carboxylic acids is 1. The largest absolute Gasteiger partial charge is 0.383 e. The SMILES string of the molecule is COCCNC(=O)Nc1ccc(N2CCCC2)c(F)c1. The number of hydrogen-bond donors (Lipinski definition) is 2. The van der Waals surface area contributed by atoms with E-state index >= 15 is 0 Å². The van der Waals surface area contributed by atoms with Gasteiger partial charge in [-0.25, -0.2) is 9.18 Å². The second kappa shape index (κ2) is 7.09. The van der Waals surface area contributed by atoms with Crippen LogP contribution >= 0.6 is 0 Å². The molecule has 0 aromatic heterocycles. The Hall–Kier alpha value is -1.82. The number of carbonyl (C=O) groups is 1. The van der Waals surface area contributed by atoms with Crippen molar-refractivity contribution in [3.05, 3.63) is 24.0 Å². The fraction of sp³-hybridized carbons (Fsp3) is 0.500. The molecule has 0 spiro atoms. The number of amides is 2. The second-order valence-corrected chi connectivity index (χ2v) is 4.73. The normalized spacial score (nSPS) is 14.4. The van der Waals surface area contributed by atoms with Crippen molar-refractivity contribution in [3.8, 4) is 0 Å². The average molecular weight is 281 g/mol. The number of nitrogens with zero attached hydrogens (tertiary/aromatic N) is 1. The van der Waals surface area contributed by atoms with Gasteiger partial charge in [0.25, 0.3) is 0 Å². The number of urea groups is 1. The van der Waals surface area contributed by atoms with Crippen LogP contribution < -0.4 is 15.5 Å². The molecule has 2 amide bonds. The highest BCUT2D eigenvalue weighted by atomic mass is 19.1. The maximum atomic E-state index is 14.0. The fourth-order valence-electron chi connectivity index (χ4n) is 2.24. The van der Waals surface area contributed by atoms with E-state index in [0.29, 0.717) is 24.5 Å². The van der Waals surface area contributed by atoms with E-state index < -0.39 is 0 Å². The number of methoxy groups -OCH3 is 1. The van der Waals surface area contributed by atoms with Crippen molar-refractivity contribution in [2.24, 2.45) is 0 Å². The summed E-state index contributed by atoms with van der Waals surface area (Å²) in [6, 6.07) is 4.41.